The summed E-state index contributed by atoms with van der Waals surface area (Å²) >= 11 is 0. The zero-order valence-corrected chi connectivity index (χ0v) is 24.9. The predicted molar refractivity (Wildman–Crippen MR) is 161 cm³/mol. The summed E-state index contributed by atoms with van der Waals surface area (Å²) in [7, 11) is 0. The lowest BCUT2D eigenvalue weighted by atomic mass is 9.93. The molecule has 10 heteroatoms. The Balaban J connectivity index is 1.08. The molecule has 2 aromatic heterocycles. The highest BCUT2D eigenvalue weighted by atomic mass is 19.1. The van der Waals surface area contributed by atoms with Crippen molar-refractivity contribution in [3.05, 3.63) is 88.6 Å². The van der Waals surface area contributed by atoms with E-state index >= 15 is 0 Å². The van der Waals surface area contributed by atoms with Gasteiger partial charge in [-0.15, -0.1) is 0 Å². The van der Waals surface area contributed by atoms with E-state index in [-0.39, 0.29) is 24.2 Å². The highest BCUT2D eigenvalue weighted by Crippen LogP contribution is 2.30. The SMILES string of the molecule is CC(=O)OCCc1ccc2c(c1)nc(CN1CCC(c3cccc(OCc4ccc(C#N)cc4F)n3)CC1)n2C[C@@H]1CCO1. The molecule has 44 heavy (non-hydrogen) atoms. The minimum absolute atomic E-state index is 0.0486. The molecule has 0 saturated carbocycles. The Hall–Kier alpha value is -4.33. The van der Waals surface area contributed by atoms with Crippen molar-refractivity contribution in [3.63, 3.8) is 0 Å². The number of fused-ring (bicyclic) bond motifs is 1. The number of aromatic nitrogens is 3. The number of halogens is 1. The van der Waals surface area contributed by atoms with Gasteiger partial charge in [-0.05, 0) is 68.2 Å². The first kappa shape index (κ1) is 29.7. The van der Waals surface area contributed by atoms with E-state index in [2.05, 4.69) is 27.7 Å². The molecule has 0 bridgehead atoms. The van der Waals surface area contributed by atoms with Gasteiger partial charge >= 0.3 is 5.97 Å². The number of carbonyl (C=O) groups excluding carboxylic acids is 1. The van der Waals surface area contributed by atoms with E-state index in [4.69, 9.17) is 29.4 Å². The van der Waals surface area contributed by atoms with Gasteiger partial charge in [0.05, 0.1) is 48.5 Å². The second-order valence-corrected chi connectivity index (χ2v) is 11.5. The van der Waals surface area contributed by atoms with Crippen LogP contribution in [0.4, 0.5) is 4.39 Å². The molecule has 4 aromatic rings. The van der Waals surface area contributed by atoms with Crippen LogP contribution in [0.3, 0.4) is 0 Å². The van der Waals surface area contributed by atoms with Gasteiger partial charge in [0.25, 0.3) is 0 Å². The fourth-order valence-corrected chi connectivity index (χ4v) is 5.86. The van der Waals surface area contributed by atoms with Crippen LogP contribution in [-0.4, -0.2) is 57.8 Å². The second kappa shape index (κ2) is 13.5. The molecule has 228 valence electrons. The molecule has 1 atom stereocenters. The standard InChI is InChI=1S/C34H36FN5O4/c1-23(41)42-15-11-24-6-8-32-31(18-24)37-33(40(32)20-28-12-16-43-28)21-39-13-9-26(10-14-39)30-3-2-4-34(38-30)44-22-27-7-5-25(19-36)17-29(27)35/h2-8,17-18,26,28H,9-16,20-22H2,1H3/t28-/m0/s1. The lowest BCUT2D eigenvalue weighted by Gasteiger charge is -2.32. The van der Waals surface area contributed by atoms with E-state index in [1.54, 1.807) is 18.2 Å². The molecular formula is C34H36FN5O4. The van der Waals surface area contributed by atoms with E-state index in [1.807, 2.05) is 18.2 Å². The lowest BCUT2D eigenvalue weighted by molar-refractivity contribution is -0.140. The lowest BCUT2D eigenvalue weighted by Crippen LogP contribution is -2.35. The summed E-state index contributed by atoms with van der Waals surface area (Å²) in [5, 5.41) is 8.95. The minimum atomic E-state index is -0.457. The Morgan fingerprint density at radius 2 is 1.95 bits per heavy atom. The van der Waals surface area contributed by atoms with E-state index in [1.165, 1.54) is 13.0 Å². The third-order valence-corrected chi connectivity index (χ3v) is 8.44. The number of esters is 1. The number of rotatable bonds is 11. The predicted octanol–water partition coefficient (Wildman–Crippen LogP) is 5.30. The van der Waals surface area contributed by atoms with Crippen LogP contribution in [0.5, 0.6) is 5.88 Å². The van der Waals surface area contributed by atoms with Gasteiger partial charge < -0.3 is 18.8 Å². The quantitative estimate of drug-likeness (QED) is 0.215. The maximum atomic E-state index is 14.3. The molecule has 2 aromatic carbocycles. The summed E-state index contributed by atoms with van der Waals surface area (Å²) in [5.74, 6) is 1.09. The largest absolute Gasteiger partial charge is 0.473 e. The molecule has 0 unspecified atom stereocenters. The minimum Gasteiger partial charge on any atom is -0.473 e. The number of piperidine rings is 1. The van der Waals surface area contributed by atoms with Gasteiger partial charge in [0.2, 0.25) is 5.88 Å². The van der Waals surface area contributed by atoms with Gasteiger partial charge in [0, 0.05) is 43.2 Å². The average molecular weight is 598 g/mol. The molecule has 2 aliphatic heterocycles. The first-order valence-electron chi connectivity index (χ1n) is 15.2. The Morgan fingerprint density at radius 3 is 2.68 bits per heavy atom. The van der Waals surface area contributed by atoms with Crippen LogP contribution in [0.1, 0.15) is 60.3 Å². The Morgan fingerprint density at radius 1 is 1.11 bits per heavy atom. The molecule has 2 aliphatic rings. The molecule has 0 N–H and O–H groups in total. The zero-order chi connectivity index (χ0) is 30.5. The summed E-state index contributed by atoms with van der Waals surface area (Å²) in [6, 6.07) is 18.4. The van der Waals surface area contributed by atoms with Gasteiger partial charge in [-0.25, -0.2) is 14.4 Å². The van der Waals surface area contributed by atoms with Crippen molar-refractivity contribution < 1.29 is 23.4 Å². The summed E-state index contributed by atoms with van der Waals surface area (Å²) < 4.78 is 33.3. The molecule has 9 nitrogen and oxygen atoms in total. The van der Waals surface area contributed by atoms with Crippen molar-refractivity contribution >= 4 is 17.0 Å². The Bertz CT molecular complexity index is 1670. The summed E-state index contributed by atoms with van der Waals surface area (Å²) in [6.07, 6.45) is 3.86. The number of imidazole rings is 1. The average Bonchev–Trinajstić information content (AvgIpc) is 3.34. The number of hydrogen-bond donors (Lipinski definition) is 0. The maximum absolute atomic E-state index is 14.3. The molecule has 6 rings (SSSR count). The molecule has 2 fully saturated rings. The molecule has 0 spiro atoms. The number of pyridine rings is 1. The molecule has 0 radical (unpaired) electrons. The van der Waals surface area contributed by atoms with Crippen LogP contribution in [0.15, 0.2) is 54.6 Å². The molecular weight excluding hydrogens is 561 g/mol. The smallest absolute Gasteiger partial charge is 0.302 e. The summed E-state index contributed by atoms with van der Waals surface area (Å²) in [5.41, 5.74) is 4.80. The van der Waals surface area contributed by atoms with Crippen molar-refractivity contribution in [1.82, 2.24) is 19.4 Å². The van der Waals surface area contributed by atoms with Crippen LogP contribution in [0, 0.1) is 17.1 Å². The Kier molecular flexibility index (Phi) is 9.15. The zero-order valence-electron chi connectivity index (χ0n) is 24.9. The van der Waals surface area contributed by atoms with Crippen LogP contribution in [-0.2, 0) is 40.4 Å². The number of hydrogen-bond acceptors (Lipinski definition) is 8. The molecule has 2 saturated heterocycles. The van der Waals surface area contributed by atoms with Gasteiger partial charge in [0.15, 0.2) is 0 Å². The van der Waals surface area contributed by atoms with Crippen molar-refractivity contribution in [3.8, 4) is 11.9 Å². The van der Waals surface area contributed by atoms with Crippen molar-refractivity contribution in [2.24, 2.45) is 0 Å². The second-order valence-electron chi connectivity index (χ2n) is 11.5. The monoisotopic (exact) mass is 597 g/mol. The van der Waals surface area contributed by atoms with Gasteiger partial charge in [-0.3, -0.25) is 9.69 Å². The number of nitriles is 1. The molecule has 0 aliphatic carbocycles. The van der Waals surface area contributed by atoms with E-state index in [0.29, 0.717) is 30.4 Å². The molecule has 0 amide bonds. The third kappa shape index (κ3) is 7.07. The number of carbonyl (C=O) groups is 1. The van der Waals surface area contributed by atoms with Gasteiger partial charge in [-0.1, -0.05) is 18.2 Å². The highest BCUT2D eigenvalue weighted by Gasteiger charge is 2.26. The van der Waals surface area contributed by atoms with E-state index < -0.39 is 5.82 Å². The first-order chi connectivity index (χ1) is 21.4. The fraction of sp³-hybridized carbons (Fsp3) is 0.412. The number of nitrogens with zero attached hydrogens (tertiary/aromatic N) is 5. The van der Waals surface area contributed by atoms with Crippen LogP contribution < -0.4 is 4.74 Å². The van der Waals surface area contributed by atoms with Crippen molar-refractivity contribution in [2.45, 2.75) is 64.3 Å². The van der Waals surface area contributed by atoms with Gasteiger partial charge in [0.1, 0.15) is 18.2 Å². The van der Waals surface area contributed by atoms with E-state index in [0.717, 1.165) is 80.2 Å². The number of benzene rings is 2. The Labute approximate surface area is 256 Å². The topological polar surface area (TPSA) is 102 Å². The maximum Gasteiger partial charge on any atom is 0.302 e. The van der Waals surface area contributed by atoms with Gasteiger partial charge in [-0.2, -0.15) is 5.26 Å². The van der Waals surface area contributed by atoms with Crippen LogP contribution >= 0.6 is 0 Å². The van der Waals surface area contributed by atoms with Crippen LogP contribution in [0.2, 0.25) is 0 Å². The third-order valence-electron chi connectivity index (χ3n) is 8.44. The van der Waals surface area contributed by atoms with Crippen molar-refractivity contribution in [2.75, 3.05) is 26.3 Å². The number of likely N-dealkylation sites (tertiary alicyclic amines) is 1. The number of ether oxygens (including phenoxy) is 3. The first-order valence-corrected chi connectivity index (χ1v) is 15.2. The van der Waals surface area contributed by atoms with E-state index in [9.17, 15) is 9.18 Å². The highest BCUT2D eigenvalue weighted by molar-refractivity contribution is 5.77. The normalized spacial score (nSPS) is 17.2. The fourth-order valence-electron chi connectivity index (χ4n) is 5.86. The summed E-state index contributed by atoms with van der Waals surface area (Å²) in [4.78, 5) is 23.4. The van der Waals surface area contributed by atoms with Crippen LogP contribution in [0.25, 0.3) is 11.0 Å². The summed E-state index contributed by atoms with van der Waals surface area (Å²) in [6.45, 7) is 6.03. The van der Waals surface area contributed by atoms with Crippen molar-refractivity contribution in [1.29, 1.82) is 5.26 Å². The molecule has 4 heterocycles.